The van der Waals surface area contributed by atoms with E-state index in [9.17, 15) is 14.4 Å². The molecule has 0 aliphatic heterocycles. The van der Waals surface area contributed by atoms with E-state index in [2.05, 4.69) is 16.0 Å². The van der Waals surface area contributed by atoms with Crippen molar-refractivity contribution in [2.75, 3.05) is 30.6 Å². The van der Waals surface area contributed by atoms with Crippen LogP contribution in [0.25, 0.3) is 6.08 Å². The van der Waals surface area contributed by atoms with Crippen LogP contribution in [-0.4, -0.2) is 37.7 Å². The van der Waals surface area contributed by atoms with Gasteiger partial charge in [-0.1, -0.05) is 41.9 Å². The number of benzene rings is 4. The van der Waals surface area contributed by atoms with E-state index >= 15 is 0 Å². The highest BCUT2D eigenvalue weighted by Gasteiger charge is 2.15. The number of rotatable bonds is 11. The Balaban J connectivity index is 1.40. The Morgan fingerprint density at radius 1 is 0.810 bits per heavy atom. The lowest BCUT2D eigenvalue weighted by Gasteiger charge is -2.12. The number of nitrogens with one attached hydrogen (secondary N) is 3. The molecule has 214 valence electrons. The van der Waals surface area contributed by atoms with Gasteiger partial charge in [0.2, 0.25) is 5.91 Å². The van der Waals surface area contributed by atoms with Crippen LogP contribution in [0.1, 0.15) is 15.9 Å². The Labute approximate surface area is 253 Å². The summed E-state index contributed by atoms with van der Waals surface area (Å²) in [6.45, 7) is 0. The van der Waals surface area contributed by atoms with Crippen LogP contribution in [-0.2, 0) is 9.59 Å². The number of halogens is 1. The van der Waals surface area contributed by atoms with Crippen LogP contribution < -0.4 is 25.4 Å². The molecule has 0 aromatic heterocycles. The van der Waals surface area contributed by atoms with Crippen molar-refractivity contribution in [1.29, 1.82) is 0 Å². The molecule has 4 aromatic rings. The molecule has 0 spiro atoms. The van der Waals surface area contributed by atoms with Crippen molar-refractivity contribution in [3.63, 3.8) is 0 Å². The van der Waals surface area contributed by atoms with Crippen molar-refractivity contribution in [2.45, 2.75) is 4.90 Å². The number of ether oxygens (including phenoxy) is 2. The third-order valence-corrected chi connectivity index (χ3v) is 7.16. The second-order valence-corrected chi connectivity index (χ2v) is 10.3. The average Bonchev–Trinajstić information content (AvgIpc) is 3.01. The van der Waals surface area contributed by atoms with Gasteiger partial charge in [-0.3, -0.25) is 14.4 Å². The van der Waals surface area contributed by atoms with Crippen LogP contribution in [0.2, 0.25) is 5.02 Å². The van der Waals surface area contributed by atoms with Gasteiger partial charge in [-0.15, -0.1) is 11.8 Å². The highest BCUT2D eigenvalue weighted by Crippen LogP contribution is 2.28. The number of hydrogen-bond acceptors (Lipinski definition) is 6. The molecule has 0 aliphatic carbocycles. The maximum atomic E-state index is 13.3. The predicted octanol–water partition coefficient (Wildman–Crippen LogP) is 6.50. The fraction of sp³-hybridized carbons (Fsp3) is 0.0938. The normalized spacial score (nSPS) is 10.9. The van der Waals surface area contributed by atoms with Crippen molar-refractivity contribution in [3.8, 4) is 11.5 Å². The summed E-state index contributed by atoms with van der Waals surface area (Å²) in [7, 11) is 3.08. The fourth-order valence-corrected chi connectivity index (χ4v) is 4.72. The van der Waals surface area contributed by atoms with Gasteiger partial charge < -0.3 is 25.4 Å². The maximum absolute atomic E-state index is 13.3. The molecule has 0 saturated carbocycles. The topological polar surface area (TPSA) is 106 Å². The lowest BCUT2D eigenvalue weighted by Crippen LogP contribution is -2.30. The number of methoxy groups -OCH3 is 2. The smallest absolute Gasteiger partial charge is 0.272 e. The highest BCUT2D eigenvalue weighted by molar-refractivity contribution is 8.00. The van der Waals surface area contributed by atoms with Gasteiger partial charge in [-0.05, 0) is 78.4 Å². The minimum absolute atomic E-state index is 0.0610. The van der Waals surface area contributed by atoms with Gasteiger partial charge in [0.1, 0.15) is 17.2 Å². The highest BCUT2D eigenvalue weighted by atomic mass is 35.5. The number of amides is 3. The fourth-order valence-electron chi connectivity index (χ4n) is 3.76. The Morgan fingerprint density at radius 3 is 2.24 bits per heavy atom. The van der Waals surface area contributed by atoms with Crippen LogP contribution in [0.15, 0.2) is 108 Å². The Hall–Kier alpha value is -4.73. The van der Waals surface area contributed by atoms with Crippen molar-refractivity contribution < 1.29 is 23.9 Å². The minimum atomic E-state index is -0.500. The van der Waals surface area contributed by atoms with E-state index < -0.39 is 11.8 Å². The van der Waals surface area contributed by atoms with Gasteiger partial charge in [0.05, 0.1) is 25.0 Å². The third kappa shape index (κ3) is 8.63. The molecule has 0 bridgehead atoms. The predicted molar refractivity (Wildman–Crippen MR) is 167 cm³/mol. The van der Waals surface area contributed by atoms with Crippen molar-refractivity contribution in [3.05, 3.63) is 119 Å². The summed E-state index contributed by atoms with van der Waals surface area (Å²) in [5, 5.41) is 8.75. The molecule has 0 atom stereocenters. The average molecular weight is 602 g/mol. The van der Waals surface area contributed by atoms with E-state index in [1.807, 2.05) is 6.07 Å². The Kier molecular flexibility index (Phi) is 10.6. The Bertz CT molecular complexity index is 1590. The quantitative estimate of drug-likeness (QED) is 0.134. The maximum Gasteiger partial charge on any atom is 0.272 e. The molecular formula is C32H28ClN3O5S. The standard InChI is InChI=1S/C32H28ClN3O5S/c1-40-25-10-6-7-21(17-25)18-28(36-31(38)22-8-4-3-5-9-22)32(39)35-23-11-14-26(15-12-23)42-20-30(37)34-24-13-16-29(41-2)27(33)19-24/h3-19H,20H2,1-2H3,(H,34,37)(H,35,39)(H,36,38)/b28-18-. The van der Waals surface area contributed by atoms with Crippen LogP contribution in [0.3, 0.4) is 0 Å². The van der Waals surface area contributed by atoms with Crippen molar-refractivity contribution in [2.24, 2.45) is 0 Å². The summed E-state index contributed by atoms with van der Waals surface area (Å²) in [6.07, 6.45) is 1.58. The first-order valence-electron chi connectivity index (χ1n) is 12.7. The Morgan fingerprint density at radius 2 is 1.55 bits per heavy atom. The molecule has 0 unspecified atom stereocenters. The summed E-state index contributed by atoms with van der Waals surface area (Å²) in [4.78, 5) is 39.4. The molecule has 3 N–H and O–H groups in total. The van der Waals surface area contributed by atoms with Crippen LogP contribution in [0.4, 0.5) is 11.4 Å². The first kappa shape index (κ1) is 30.2. The van der Waals surface area contributed by atoms with Crippen LogP contribution in [0.5, 0.6) is 11.5 Å². The number of anilines is 2. The minimum Gasteiger partial charge on any atom is -0.497 e. The lowest BCUT2D eigenvalue weighted by atomic mass is 10.1. The van der Waals surface area contributed by atoms with Gasteiger partial charge in [0, 0.05) is 21.8 Å². The zero-order chi connectivity index (χ0) is 29.9. The molecule has 0 saturated heterocycles. The molecule has 42 heavy (non-hydrogen) atoms. The molecule has 4 aromatic carbocycles. The number of thioether (sulfide) groups is 1. The van der Waals surface area contributed by atoms with Crippen LogP contribution in [0, 0.1) is 0 Å². The molecule has 10 heteroatoms. The molecule has 3 amide bonds. The first-order valence-corrected chi connectivity index (χ1v) is 14.1. The lowest BCUT2D eigenvalue weighted by molar-refractivity contribution is -0.114. The summed E-state index contributed by atoms with van der Waals surface area (Å²) in [6, 6.07) is 27.8. The summed E-state index contributed by atoms with van der Waals surface area (Å²) >= 11 is 7.46. The van der Waals surface area contributed by atoms with E-state index in [4.69, 9.17) is 21.1 Å². The summed E-state index contributed by atoms with van der Waals surface area (Å²) in [5.41, 5.74) is 2.25. The van der Waals surface area contributed by atoms with Gasteiger partial charge in [0.15, 0.2) is 0 Å². The van der Waals surface area contributed by atoms with E-state index in [-0.39, 0.29) is 17.4 Å². The van der Waals surface area contributed by atoms with Crippen LogP contribution >= 0.6 is 23.4 Å². The van der Waals surface area contributed by atoms with Crippen molar-refractivity contribution in [1.82, 2.24) is 5.32 Å². The SMILES string of the molecule is COc1cccc(/C=C(\NC(=O)c2ccccc2)C(=O)Nc2ccc(SCC(=O)Nc3ccc(OC)c(Cl)c3)cc2)c1. The molecule has 4 rings (SSSR count). The number of hydrogen-bond donors (Lipinski definition) is 3. The summed E-state index contributed by atoms with van der Waals surface area (Å²) in [5.74, 6) is 0.209. The van der Waals surface area contributed by atoms with Gasteiger partial charge in [0.25, 0.3) is 11.8 Å². The number of carbonyl (C=O) groups excluding carboxylic acids is 3. The largest absolute Gasteiger partial charge is 0.497 e. The van der Waals surface area contributed by atoms with Crippen molar-refractivity contribution >= 4 is 58.5 Å². The van der Waals surface area contributed by atoms with E-state index in [1.54, 1.807) is 104 Å². The first-order chi connectivity index (χ1) is 20.3. The van der Waals surface area contributed by atoms with E-state index in [0.717, 1.165) is 4.90 Å². The molecule has 0 radical (unpaired) electrons. The second-order valence-electron chi connectivity index (χ2n) is 8.82. The van der Waals surface area contributed by atoms with E-state index in [1.165, 1.54) is 18.9 Å². The number of carbonyl (C=O) groups is 3. The van der Waals surface area contributed by atoms with E-state index in [0.29, 0.717) is 39.0 Å². The molecule has 0 fully saturated rings. The van der Waals surface area contributed by atoms with Gasteiger partial charge >= 0.3 is 0 Å². The third-order valence-electron chi connectivity index (χ3n) is 5.85. The zero-order valence-electron chi connectivity index (χ0n) is 22.8. The molecule has 0 heterocycles. The zero-order valence-corrected chi connectivity index (χ0v) is 24.4. The van der Waals surface area contributed by atoms with Gasteiger partial charge in [-0.25, -0.2) is 0 Å². The van der Waals surface area contributed by atoms with Gasteiger partial charge in [-0.2, -0.15) is 0 Å². The summed E-state index contributed by atoms with van der Waals surface area (Å²) < 4.78 is 10.4. The molecule has 0 aliphatic rings. The molecular weight excluding hydrogens is 574 g/mol. The molecule has 8 nitrogen and oxygen atoms in total. The monoisotopic (exact) mass is 601 g/mol. The second kappa shape index (κ2) is 14.8.